The van der Waals surface area contributed by atoms with Gasteiger partial charge in [0.15, 0.2) is 0 Å². The van der Waals surface area contributed by atoms with Crippen LogP contribution in [0.15, 0.2) is 18.3 Å². The number of nitrogens with zero attached hydrogens (tertiary/aromatic N) is 3. The zero-order chi connectivity index (χ0) is 12.3. The second-order valence-corrected chi connectivity index (χ2v) is 5.08. The maximum Gasteiger partial charge on any atom is 0.142 e. The predicted octanol–water partition coefficient (Wildman–Crippen LogP) is 2.83. The highest BCUT2D eigenvalue weighted by Crippen LogP contribution is 2.27. The molecule has 2 rings (SSSR count). The van der Waals surface area contributed by atoms with E-state index in [0.717, 1.165) is 30.6 Å². The lowest BCUT2D eigenvalue weighted by molar-refractivity contribution is 0.311. The molecule has 0 radical (unpaired) electrons. The number of hydrogen-bond donors (Lipinski definition) is 0. The molecule has 1 saturated heterocycles. The SMILES string of the molecule is CC(C)C1CCN(c2ccnc(C#N)c2)CC1. The minimum absolute atomic E-state index is 0.508. The van der Waals surface area contributed by atoms with E-state index in [2.05, 4.69) is 29.8 Å². The summed E-state index contributed by atoms with van der Waals surface area (Å²) in [6, 6.07) is 5.98. The second kappa shape index (κ2) is 5.18. The number of rotatable bonds is 2. The van der Waals surface area contributed by atoms with Crippen molar-refractivity contribution < 1.29 is 0 Å². The molecule has 3 heteroatoms. The molecule has 0 aromatic carbocycles. The number of nitriles is 1. The third-order valence-electron chi connectivity index (χ3n) is 3.71. The van der Waals surface area contributed by atoms with E-state index >= 15 is 0 Å². The van der Waals surface area contributed by atoms with Gasteiger partial charge in [0.05, 0.1) is 0 Å². The molecule has 17 heavy (non-hydrogen) atoms. The van der Waals surface area contributed by atoms with Crippen LogP contribution in [0.5, 0.6) is 0 Å². The number of aromatic nitrogens is 1. The van der Waals surface area contributed by atoms with Gasteiger partial charge < -0.3 is 4.90 Å². The van der Waals surface area contributed by atoms with Gasteiger partial charge in [-0.3, -0.25) is 0 Å². The zero-order valence-electron chi connectivity index (χ0n) is 10.6. The molecule has 1 fully saturated rings. The maximum atomic E-state index is 8.84. The van der Waals surface area contributed by atoms with Gasteiger partial charge in [-0.25, -0.2) is 4.98 Å². The van der Waals surface area contributed by atoms with Crippen LogP contribution in [0.4, 0.5) is 5.69 Å². The van der Waals surface area contributed by atoms with E-state index in [1.54, 1.807) is 6.20 Å². The number of hydrogen-bond acceptors (Lipinski definition) is 3. The van der Waals surface area contributed by atoms with E-state index in [-0.39, 0.29) is 0 Å². The molecule has 0 spiro atoms. The average Bonchev–Trinajstić information content (AvgIpc) is 2.39. The quantitative estimate of drug-likeness (QED) is 0.783. The van der Waals surface area contributed by atoms with Crippen molar-refractivity contribution >= 4 is 5.69 Å². The monoisotopic (exact) mass is 229 g/mol. The van der Waals surface area contributed by atoms with Crippen molar-refractivity contribution in [3.63, 3.8) is 0 Å². The lowest BCUT2D eigenvalue weighted by Crippen LogP contribution is -2.35. The molecule has 0 amide bonds. The highest BCUT2D eigenvalue weighted by atomic mass is 15.1. The normalized spacial score (nSPS) is 17.2. The van der Waals surface area contributed by atoms with E-state index < -0.39 is 0 Å². The predicted molar refractivity (Wildman–Crippen MR) is 68.7 cm³/mol. The van der Waals surface area contributed by atoms with Gasteiger partial charge in [-0.1, -0.05) is 13.8 Å². The van der Waals surface area contributed by atoms with Gasteiger partial charge >= 0.3 is 0 Å². The van der Waals surface area contributed by atoms with Gasteiger partial charge in [-0.2, -0.15) is 5.26 Å². The molecule has 90 valence electrons. The highest BCUT2D eigenvalue weighted by molar-refractivity contribution is 5.49. The summed E-state index contributed by atoms with van der Waals surface area (Å²) in [7, 11) is 0. The Morgan fingerprint density at radius 1 is 1.41 bits per heavy atom. The van der Waals surface area contributed by atoms with Crippen molar-refractivity contribution in [3.8, 4) is 6.07 Å². The molecule has 1 aliphatic rings. The first-order valence-corrected chi connectivity index (χ1v) is 6.32. The van der Waals surface area contributed by atoms with Crippen molar-refractivity contribution in [2.24, 2.45) is 11.8 Å². The average molecular weight is 229 g/mol. The summed E-state index contributed by atoms with van der Waals surface area (Å²) in [4.78, 5) is 6.37. The van der Waals surface area contributed by atoms with Gasteiger partial charge in [-0.15, -0.1) is 0 Å². The number of anilines is 1. The van der Waals surface area contributed by atoms with Crippen molar-refractivity contribution in [1.82, 2.24) is 4.98 Å². The molecule has 1 aromatic rings. The molecule has 2 heterocycles. The first-order chi connectivity index (χ1) is 8.20. The Kier molecular flexibility index (Phi) is 3.63. The summed E-state index contributed by atoms with van der Waals surface area (Å²) >= 11 is 0. The number of pyridine rings is 1. The summed E-state index contributed by atoms with van der Waals surface area (Å²) in [6.07, 6.45) is 4.23. The minimum Gasteiger partial charge on any atom is -0.371 e. The van der Waals surface area contributed by atoms with Gasteiger partial charge in [-0.05, 0) is 36.8 Å². The fraction of sp³-hybridized carbons (Fsp3) is 0.571. The third kappa shape index (κ3) is 2.76. The molecule has 3 nitrogen and oxygen atoms in total. The molecule has 0 atom stereocenters. The summed E-state index contributed by atoms with van der Waals surface area (Å²) in [5, 5.41) is 8.84. The first-order valence-electron chi connectivity index (χ1n) is 6.32. The number of piperidine rings is 1. The Hall–Kier alpha value is -1.56. The second-order valence-electron chi connectivity index (χ2n) is 5.08. The standard InChI is InChI=1S/C14H19N3/c1-11(2)12-4-7-17(8-5-12)14-3-6-16-13(9-14)10-15/h3,6,9,11-12H,4-5,7-8H2,1-2H3. The summed E-state index contributed by atoms with van der Waals surface area (Å²) < 4.78 is 0. The highest BCUT2D eigenvalue weighted by Gasteiger charge is 2.21. The van der Waals surface area contributed by atoms with Crippen LogP contribution >= 0.6 is 0 Å². The van der Waals surface area contributed by atoms with Crippen molar-refractivity contribution in [2.45, 2.75) is 26.7 Å². The van der Waals surface area contributed by atoms with E-state index in [1.807, 2.05) is 12.1 Å². The van der Waals surface area contributed by atoms with Crippen LogP contribution in [0.25, 0.3) is 0 Å². The largest absolute Gasteiger partial charge is 0.371 e. The molecule has 0 unspecified atom stereocenters. The molecule has 0 saturated carbocycles. The molecule has 0 bridgehead atoms. The summed E-state index contributed by atoms with van der Waals surface area (Å²) in [5.74, 6) is 1.63. The van der Waals surface area contributed by atoms with E-state index in [4.69, 9.17) is 5.26 Å². The van der Waals surface area contributed by atoms with E-state index in [9.17, 15) is 0 Å². The van der Waals surface area contributed by atoms with Crippen molar-refractivity contribution in [1.29, 1.82) is 5.26 Å². The molecular weight excluding hydrogens is 210 g/mol. The van der Waals surface area contributed by atoms with Crippen molar-refractivity contribution in [3.05, 3.63) is 24.0 Å². The fourth-order valence-corrected chi connectivity index (χ4v) is 2.50. The lowest BCUT2D eigenvalue weighted by atomic mass is 9.86. The van der Waals surface area contributed by atoms with Crippen LogP contribution in [0.3, 0.4) is 0 Å². The van der Waals surface area contributed by atoms with Crippen LogP contribution in [0.1, 0.15) is 32.4 Å². The topological polar surface area (TPSA) is 39.9 Å². The van der Waals surface area contributed by atoms with Crippen LogP contribution in [0.2, 0.25) is 0 Å². The van der Waals surface area contributed by atoms with Crippen LogP contribution in [0, 0.1) is 23.2 Å². The molecular formula is C14H19N3. The Balaban J connectivity index is 2.03. The third-order valence-corrected chi connectivity index (χ3v) is 3.71. The Morgan fingerprint density at radius 3 is 2.71 bits per heavy atom. The Morgan fingerprint density at radius 2 is 2.12 bits per heavy atom. The fourth-order valence-electron chi connectivity index (χ4n) is 2.50. The maximum absolute atomic E-state index is 8.84. The van der Waals surface area contributed by atoms with E-state index in [0.29, 0.717) is 5.69 Å². The summed E-state index contributed by atoms with van der Waals surface area (Å²) in [5.41, 5.74) is 1.65. The van der Waals surface area contributed by atoms with Gasteiger partial charge in [0.2, 0.25) is 0 Å². The molecule has 0 aliphatic carbocycles. The summed E-state index contributed by atoms with van der Waals surface area (Å²) in [6.45, 7) is 6.80. The van der Waals surface area contributed by atoms with Crippen LogP contribution < -0.4 is 4.90 Å². The van der Waals surface area contributed by atoms with Crippen LogP contribution in [-0.4, -0.2) is 18.1 Å². The molecule has 0 N–H and O–H groups in total. The Bertz CT molecular complexity index is 412. The molecule has 1 aliphatic heterocycles. The van der Waals surface area contributed by atoms with Gasteiger partial charge in [0.1, 0.15) is 11.8 Å². The van der Waals surface area contributed by atoms with Crippen LogP contribution in [-0.2, 0) is 0 Å². The molecule has 1 aromatic heterocycles. The zero-order valence-corrected chi connectivity index (χ0v) is 10.6. The van der Waals surface area contributed by atoms with Crippen molar-refractivity contribution in [2.75, 3.05) is 18.0 Å². The van der Waals surface area contributed by atoms with E-state index in [1.165, 1.54) is 12.8 Å². The first kappa shape index (κ1) is 11.9. The van der Waals surface area contributed by atoms with Gasteiger partial charge in [0.25, 0.3) is 0 Å². The Labute approximate surface area is 103 Å². The smallest absolute Gasteiger partial charge is 0.142 e. The lowest BCUT2D eigenvalue weighted by Gasteiger charge is -2.35. The minimum atomic E-state index is 0.508. The van der Waals surface area contributed by atoms with Gasteiger partial charge in [0, 0.05) is 25.0 Å².